The largest absolute Gasteiger partial charge is 0.464 e. The molecule has 5 heteroatoms. The monoisotopic (exact) mass is 510 g/mol. The molecule has 0 aliphatic carbocycles. The molecule has 1 atom stereocenters. The first-order chi connectivity index (χ1) is 16.5. The van der Waals surface area contributed by atoms with E-state index in [1.807, 2.05) is 42.2 Å². The third-order valence-electron chi connectivity index (χ3n) is 6.72. The van der Waals surface area contributed by atoms with Gasteiger partial charge in [0.05, 0.1) is 18.3 Å². The summed E-state index contributed by atoms with van der Waals surface area (Å²) in [5.41, 5.74) is 6.30. The summed E-state index contributed by atoms with van der Waals surface area (Å²) >= 11 is 3.56. The number of para-hydroxylation sites is 1. The van der Waals surface area contributed by atoms with Crippen LogP contribution in [0.5, 0.6) is 0 Å². The highest BCUT2D eigenvalue weighted by molar-refractivity contribution is 9.10. The van der Waals surface area contributed by atoms with E-state index in [9.17, 15) is 4.79 Å². The molecule has 1 aliphatic heterocycles. The summed E-state index contributed by atoms with van der Waals surface area (Å²) in [6.45, 7) is 2.34. The molecule has 34 heavy (non-hydrogen) atoms. The molecule has 0 unspecified atom stereocenters. The van der Waals surface area contributed by atoms with E-state index in [4.69, 9.17) is 4.42 Å². The maximum absolute atomic E-state index is 13.7. The molecule has 4 nitrogen and oxygen atoms in total. The topological polar surface area (TPSA) is 38.4 Å². The number of carbonyl (C=O) groups excluding carboxylic acids is 1. The van der Waals surface area contributed by atoms with E-state index in [0.29, 0.717) is 6.54 Å². The van der Waals surface area contributed by atoms with Crippen LogP contribution >= 0.6 is 15.9 Å². The maximum atomic E-state index is 13.7. The summed E-state index contributed by atoms with van der Waals surface area (Å²) in [4.78, 5) is 15.6. The van der Waals surface area contributed by atoms with Crippen LogP contribution < -0.4 is 0 Å². The molecule has 5 aromatic rings. The highest BCUT2D eigenvalue weighted by atomic mass is 79.9. The number of benzene rings is 3. The Hall–Kier alpha value is -3.57. The number of amides is 1. The Balaban J connectivity index is 1.63. The number of halogens is 1. The first kappa shape index (κ1) is 21.0. The van der Waals surface area contributed by atoms with Crippen molar-refractivity contribution in [2.24, 2.45) is 7.05 Å². The zero-order chi connectivity index (χ0) is 23.4. The number of aryl methyl sites for hydroxylation is 2. The van der Waals surface area contributed by atoms with Gasteiger partial charge in [-0.05, 0) is 54.4 Å². The average molecular weight is 511 g/mol. The zero-order valence-electron chi connectivity index (χ0n) is 19.0. The fraction of sp³-hybridized carbons (Fsp3) is 0.138. The molecule has 3 heterocycles. The van der Waals surface area contributed by atoms with Gasteiger partial charge in [-0.2, -0.15) is 0 Å². The fourth-order valence-corrected chi connectivity index (χ4v) is 5.50. The molecule has 6 rings (SSSR count). The van der Waals surface area contributed by atoms with Crippen molar-refractivity contribution in [2.45, 2.75) is 19.5 Å². The zero-order valence-corrected chi connectivity index (χ0v) is 20.5. The van der Waals surface area contributed by atoms with Crippen molar-refractivity contribution in [1.82, 2.24) is 9.47 Å². The third-order valence-corrected chi connectivity index (χ3v) is 7.25. The van der Waals surface area contributed by atoms with Crippen LogP contribution in [0.15, 0.2) is 93.8 Å². The molecule has 0 radical (unpaired) electrons. The standard InChI is InChI=1S/C29H23BrN2O2/c1-18-11-16-21(34-18)17-32-28(22-7-3-4-8-23(22)29(32)33)26-24-9-5-6-10-25(24)31(2)27(26)19-12-14-20(30)15-13-19/h3-16,28H,17H2,1-2H3/t28-/m0/s1. The van der Waals surface area contributed by atoms with Gasteiger partial charge in [-0.25, -0.2) is 0 Å². The van der Waals surface area contributed by atoms with Gasteiger partial charge in [-0.1, -0.05) is 64.5 Å². The minimum atomic E-state index is -0.223. The molecule has 3 aromatic carbocycles. The van der Waals surface area contributed by atoms with Crippen LogP contribution in [-0.4, -0.2) is 15.4 Å². The van der Waals surface area contributed by atoms with E-state index in [0.717, 1.165) is 54.8 Å². The van der Waals surface area contributed by atoms with Gasteiger partial charge in [0.2, 0.25) is 0 Å². The minimum Gasteiger partial charge on any atom is -0.464 e. The van der Waals surface area contributed by atoms with Crippen LogP contribution in [0.2, 0.25) is 0 Å². The first-order valence-electron chi connectivity index (χ1n) is 11.3. The average Bonchev–Trinajstić information content (AvgIpc) is 3.48. The van der Waals surface area contributed by atoms with E-state index in [-0.39, 0.29) is 11.9 Å². The number of rotatable bonds is 4. The SMILES string of the molecule is Cc1ccc(CN2C(=O)c3ccccc3[C@H]2c2c(-c3ccc(Br)cc3)n(C)c3ccccc23)o1. The van der Waals surface area contributed by atoms with Crippen molar-refractivity contribution in [1.29, 1.82) is 0 Å². The molecule has 0 bridgehead atoms. The van der Waals surface area contributed by atoms with Gasteiger partial charge in [-0.15, -0.1) is 0 Å². The van der Waals surface area contributed by atoms with E-state index in [1.54, 1.807) is 0 Å². The molecule has 0 spiro atoms. The van der Waals surface area contributed by atoms with Gasteiger partial charge in [-0.3, -0.25) is 4.79 Å². The Kier molecular flexibility index (Phi) is 4.96. The van der Waals surface area contributed by atoms with Gasteiger partial charge in [0.15, 0.2) is 0 Å². The summed E-state index contributed by atoms with van der Waals surface area (Å²) in [7, 11) is 2.10. The molecule has 2 aromatic heterocycles. The Labute approximate surface area is 206 Å². The molecular formula is C29H23BrN2O2. The Bertz CT molecular complexity index is 1540. The predicted octanol–water partition coefficient (Wildman–Crippen LogP) is 7.25. The Morgan fingerprint density at radius 3 is 2.41 bits per heavy atom. The smallest absolute Gasteiger partial charge is 0.255 e. The number of aromatic nitrogens is 1. The van der Waals surface area contributed by atoms with Crippen molar-refractivity contribution >= 4 is 32.7 Å². The number of furan rings is 1. The van der Waals surface area contributed by atoms with Crippen LogP contribution in [0, 0.1) is 6.92 Å². The van der Waals surface area contributed by atoms with Crippen LogP contribution in [0.25, 0.3) is 22.2 Å². The van der Waals surface area contributed by atoms with Gasteiger partial charge in [0, 0.05) is 33.6 Å². The van der Waals surface area contributed by atoms with Crippen LogP contribution in [0.4, 0.5) is 0 Å². The highest BCUT2D eigenvalue weighted by Crippen LogP contribution is 2.47. The van der Waals surface area contributed by atoms with Crippen molar-refractivity contribution in [2.75, 3.05) is 0 Å². The number of nitrogens with zero attached hydrogens (tertiary/aromatic N) is 2. The number of hydrogen-bond acceptors (Lipinski definition) is 2. The Morgan fingerprint density at radius 1 is 0.912 bits per heavy atom. The van der Waals surface area contributed by atoms with Gasteiger partial charge >= 0.3 is 0 Å². The van der Waals surface area contributed by atoms with E-state index < -0.39 is 0 Å². The van der Waals surface area contributed by atoms with E-state index in [1.165, 1.54) is 0 Å². The number of carbonyl (C=O) groups is 1. The van der Waals surface area contributed by atoms with Crippen LogP contribution in [-0.2, 0) is 13.6 Å². The van der Waals surface area contributed by atoms with E-state index >= 15 is 0 Å². The molecule has 0 N–H and O–H groups in total. The molecular weight excluding hydrogens is 488 g/mol. The van der Waals surface area contributed by atoms with Crippen molar-refractivity contribution in [3.63, 3.8) is 0 Å². The summed E-state index contributed by atoms with van der Waals surface area (Å²) in [6.07, 6.45) is 0. The van der Waals surface area contributed by atoms with Gasteiger partial charge in [0.1, 0.15) is 11.5 Å². The van der Waals surface area contributed by atoms with Crippen molar-refractivity contribution < 1.29 is 9.21 Å². The molecule has 0 saturated heterocycles. The lowest BCUT2D eigenvalue weighted by atomic mass is 9.93. The fourth-order valence-electron chi connectivity index (χ4n) is 5.24. The molecule has 168 valence electrons. The second kappa shape index (κ2) is 8.03. The van der Waals surface area contributed by atoms with Gasteiger partial charge < -0.3 is 13.9 Å². The highest BCUT2D eigenvalue weighted by Gasteiger charge is 2.41. The lowest BCUT2D eigenvalue weighted by Gasteiger charge is -2.26. The maximum Gasteiger partial charge on any atom is 0.255 e. The minimum absolute atomic E-state index is 0.0318. The molecule has 1 amide bonds. The summed E-state index contributed by atoms with van der Waals surface area (Å²) < 4.78 is 9.17. The summed E-state index contributed by atoms with van der Waals surface area (Å²) in [5.74, 6) is 1.66. The second-order valence-electron chi connectivity index (χ2n) is 8.78. The summed E-state index contributed by atoms with van der Waals surface area (Å²) in [5, 5.41) is 1.15. The third kappa shape index (κ3) is 3.23. The van der Waals surface area contributed by atoms with Crippen LogP contribution in [0.3, 0.4) is 0 Å². The molecule has 0 fully saturated rings. The number of fused-ring (bicyclic) bond motifs is 2. The molecule has 0 saturated carbocycles. The lowest BCUT2D eigenvalue weighted by molar-refractivity contribution is 0.0723. The normalized spacial score (nSPS) is 15.3. The lowest BCUT2D eigenvalue weighted by Crippen LogP contribution is -2.28. The number of hydrogen-bond donors (Lipinski definition) is 0. The Morgan fingerprint density at radius 2 is 1.65 bits per heavy atom. The second-order valence-corrected chi connectivity index (χ2v) is 9.70. The van der Waals surface area contributed by atoms with Crippen molar-refractivity contribution in [3.8, 4) is 11.3 Å². The molecule has 1 aliphatic rings. The predicted molar refractivity (Wildman–Crippen MR) is 138 cm³/mol. The first-order valence-corrected chi connectivity index (χ1v) is 12.1. The van der Waals surface area contributed by atoms with Crippen LogP contribution in [0.1, 0.15) is 39.0 Å². The quantitative estimate of drug-likeness (QED) is 0.255. The van der Waals surface area contributed by atoms with E-state index in [2.05, 4.69) is 82.1 Å². The summed E-state index contributed by atoms with van der Waals surface area (Å²) in [6, 6.07) is 28.5. The van der Waals surface area contributed by atoms with Gasteiger partial charge in [0.25, 0.3) is 5.91 Å². The van der Waals surface area contributed by atoms with Crippen molar-refractivity contribution in [3.05, 3.63) is 118 Å².